The molecule has 2 aliphatic heterocycles. The molecular formula is C31H33N3O3. The van der Waals surface area contributed by atoms with Crippen molar-refractivity contribution in [1.82, 2.24) is 10.3 Å². The normalized spacial score (nSPS) is 24.2. The SMILES string of the molecule is O=C1CCC(N2C(=O)c3ccc(C4CCCCC(CCc5ccccc5)CC4)c4nccc2c34)C(=O)N1. The van der Waals surface area contributed by atoms with Crippen LogP contribution >= 0.6 is 0 Å². The van der Waals surface area contributed by atoms with Crippen LogP contribution in [0, 0.1) is 5.92 Å². The highest BCUT2D eigenvalue weighted by molar-refractivity contribution is 6.27. The number of carbonyl (C=O) groups excluding carboxylic acids is 3. The standard InChI is InChI=1S/C31H33N3O3/c35-27-17-16-26(30(36)33-27)34-25-18-19-32-29-23(14-15-24(28(25)29)31(34)37)22-9-5-4-8-21(12-13-22)11-10-20-6-2-1-3-7-20/h1-3,6-7,14-15,18-19,21-22,26H,4-5,8-13,16-17H2,(H,33,35,36). The van der Waals surface area contributed by atoms with E-state index < -0.39 is 11.9 Å². The first-order valence-corrected chi connectivity index (χ1v) is 13.7. The second kappa shape index (κ2) is 10.1. The quantitative estimate of drug-likeness (QED) is 0.462. The summed E-state index contributed by atoms with van der Waals surface area (Å²) in [5, 5.41) is 3.26. The summed E-state index contributed by atoms with van der Waals surface area (Å²) in [5.74, 6) is 0.296. The van der Waals surface area contributed by atoms with E-state index >= 15 is 0 Å². The van der Waals surface area contributed by atoms with Crippen LogP contribution in [0.25, 0.3) is 10.9 Å². The average molecular weight is 496 g/mol. The fourth-order valence-corrected chi connectivity index (χ4v) is 6.62. The van der Waals surface area contributed by atoms with Gasteiger partial charge in [-0.05, 0) is 73.6 Å². The predicted molar refractivity (Wildman–Crippen MR) is 143 cm³/mol. The summed E-state index contributed by atoms with van der Waals surface area (Å²) in [4.78, 5) is 44.1. The van der Waals surface area contributed by atoms with Crippen LogP contribution in [0.3, 0.4) is 0 Å². The molecule has 1 saturated heterocycles. The average Bonchev–Trinajstić information content (AvgIpc) is 3.18. The Labute approximate surface area is 217 Å². The van der Waals surface area contributed by atoms with E-state index in [1.54, 1.807) is 11.1 Å². The van der Waals surface area contributed by atoms with Crippen molar-refractivity contribution >= 4 is 34.3 Å². The number of imide groups is 1. The van der Waals surface area contributed by atoms with Crippen molar-refractivity contribution in [2.45, 2.75) is 76.2 Å². The molecule has 0 radical (unpaired) electrons. The van der Waals surface area contributed by atoms with Gasteiger partial charge in [0.15, 0.2) is 0 Å². The van der Waals surface area contributed by atoms with Gasteiger partial charge in [0, 0.05) is 18.0 Å². The first-order chi connectivity index (χ1) is 18.1. The van der Waals surface area contributed by atoms with Gasteiger partial charge in [0.2, 0.25) is 11.8 Å². The van der Waals surface area contributed by atoms with Crippen LogP contribution in [0.2, 0.25) is 0 Å². The highest BCUT2D eigenvalue weighted by Crippen LogP contribution is 2.43. The summed E-state index contributed by atoms with van der Waals surface area (Å²) < 4.78 is 0. The third-order valence-electron chi connectivity index (χ3n) is 8.59. The summed E-state index contributed by atoms with van der Waals surface area (Å²) in [6.45, 7) is 0. The second-order valence-electron chi connectivity index (χ2n) is 10.8. The van der Waals surface area contributed by atoms with Gasteiger partial charge in [0.1, 0.15) is 6.04 Å². The van der Waals surface area contributed by atoms with Crippen molar-refractivity contribution in [2.75, 3.05) is 4.90 Å². The minimum absolute atomic E-state index is 0.173. The molecular weight excluding hydrogens is 462 g/mol. The number of aryl methyl sites for hydroxylation is 1. The van der Waals surface area contributed by atoms with Crippen molar-refractivity contribution in [2.24, 2.45) is 5.92 Å². The van der Waals surface area contributed by atoms with E-state index in [9.17, 15) is 14.4 Å². The van der Waals surface area contributed by atoms with Gasteiger partial charge in [-0.2, -0.15) is 0 Å². The zero-order valence-corrected chi connectivity index (χ0v) is 21.1. The number of nitrogens with one attached hydrogen (secondary N) is 1. The molecule has 1 aliphatic carbocycles. The zero-order chi connectivity index (χ0) is 25.4. The van der Waals surface area contributed by atoms with Gasteiger partial charge < -0.3 is 0 Å². The Morgan fingerprint density at radius 1 is 0.892 bits per heavy atom. The van der Waals surface area contributed by atoms with E-state index in [0.29, 0.717) is 17.9 Å². The number of aromatic nitrogens is 1. The molecule has 3 atom stereocenters. The molecule has 3 aliphatic rings. The molecule has 3 aromatic rings. The number of benzene rings is 2. The fraction of sp³-hybridized carbons (Fsp3) is 0.419. The Morgan fingerprint density at radius 3 is 2.57 bits per heavy atom. The Balaban J connectivity index is 1.25. The van der Waals surface area contributed by atoms with E-state index in [-0.39, 0.29) is 18.2 Å². The number of pyridine rings is 1. The van der Waals surface area contributed by atoms with Crippen molar-refractivity contribution in [3.8, 4) is 0 Å². The Bertz CT molecular complexity index is 1350. The van der Waals surface area contributed by atoms with Crippen LogP contribution in [0.1, 0.15) is 85.2 Å². The maximum absolute atomic E-state index is 13.5. The lowest BCUT2D eigenvalue weighted by Gasteiger charge is -2.30. The van der Waals surface area contributed by atoms with Gasteiger partial charge in [0.25, 0.3) is 5.91 Å². The molecule has 1 aromatic heterocycles. The van der Waals surface area contributed by atoms with Crippen LogP contribution in [0.15, 0.2) is 54.7 Å². The maximum Gasteiger partial charge on any atom is 0.259 e. The van der Waals surface area contributed by atoms with E-state index in [2.05, 4.69) is 41.7 Å². The van der Waals surface area contributed by atoms with Crippen molar-refractivity contribution in [1.29, 1.82) is 0 Å². The Kier molecular flexibility index (Phi) is 6.49. The largest absolute Gasteiger partial charge is 0.295 e. The molecule has 2 fully saturated rings. The summed E-state index contributed by atoms with van der Waals surface area (Å²) >= 11 is 0. The van der Waals surface area contributed by atoms with Gasteiger partial charge in [-0.15, -0.1) is 0 Å². The Hall–Kier alpha value is -3.54. The minimum atomic E-state index is -0.668. The van der Waals surface area contributed by atoms with Crippen LogP contribution in [-0.4, -0.2) is 28.7 Å². The number of piperidine rings is 1. The summed E-state index contributed by atoms with van der Waals surface area (Å²) in [7, 11) is 0. The van der Waals surface area contributed by atoms with Gasteiger partial charge in [-0.25, -0.2) is 0 Å². The lowest BCUT2D eigenvalue weighted by Crippen LogP contribution is -2.53. The second-order valence-corrected chi connectivity index (χ2v) is 10.8. The van der Waals surface area contributed by atoms with Crippen LogP contribution < -0.4 is 10.2 Å². The minimum Gasteiger partial charge on any atom is -0.295 e. The molecule has 1 saturated carbocycles. The maximum atomic E-state index is 13.5. The monoisotopic (exact) mass is 495 g/mol. The smallest absolute Gasteiger partial charge is 0.259 e. The highest BCUT2D eigenvalue weighted by Gasteiger charge is 2.41. The van der Waals surface area contributed by atoms with Gasteiger partial charge in [-0.3, -0.25) is 29.6 Å². The van der Waals surface area contributed by atoms with Gasteiger partial charge >= 0.3 is 0 Å². The third kappa shape index (κ3) is 4.54. The topological polar surface area (TPSA) is 79.4 Å². The van der Waals surface area contributed by atoms with Crippen molar-refractivity contribution in [3.63, 3.8) is 0 Å². The Morgan fingerprint density at radius 2 is 1.73 bits per heavy atom. The van der Waals surface area contributed by atoms with Crippen LogP contribution in [-0.2, 0) is 16.0 Å². The van der Waals surface area contributed by atoms with Gasteiger partial charge in [-0.1, -0.05) is 55.7 Å². The summed E-state index contributed by atoms with van der Waals surface area (Å²) in [6.07, 6.45) is 11.9. The fourth-order valence-electron chi connectivity index (χ4n) is 6.62. The van der Waals surface area contributed by atoms with E-state index in [1.807, 2.05) is 12.1 Å². The number of hydrogen-bond acceptors (Lipinski definition) is 4. The molecule has 0 spiro atoms. The molecule has 3 heterocycles. The zero-order valence-electron chi connectivity index (χ0n) is 21.1. The summed E-state index contributed by atoms with van der Waals surface area (Å²) in [5.41, 5.74) is 4.89. The lowest BCUT2D eigenvalue weighted by molar-refractivity contribution is -0.134. The number of rotatable bonds is 5. The predicted octanol–water partition coefficient (Wildman–Crippen LogP) is 5.69. The first-order valence-electron chi connectivity index (χ1n) is 13.7. The lowest BCUT2D eigenvalue weighted by atomic mass is 9.79. The van der Waals surface area contributed by atoms with E-state index in [0.717, 1.165) is 41.8 Å². The molecule has 6 rings (SSSR count). The molecule has 190 valence electrons. The molecule has 6 nitrogen and oxygen atoms in total. The molecule has 6 heteroatoms. The van der Waals surface area contributed by atoms with Crippen LogP contribution in [0.5, 0.6) is 0 Å². The number of amides is 3. The van der Waals surface area contributed by atoms with Crippen molar-refractivity contribution < 1.29 is 14.4 Å². The summed E-state index contributed by atoms with van der Waals surface area (Å²) in [6, 6.07) is 16.0. The first kappa shape index (κ1) is 23.8. The number of hydrogen-bond donors (Lipinski definition) is 1. The van der Waals surface area contributed by atoms with Crippen molar-refractivity contribution in [3.05, 3.63) is 71.4 Å². The van der Waals surface area contributed by atoms with E-state index in [4.69, 9.17) is 4.98 Å². The number of carbonyl (C=O) groups is 3. The highest BCUT2D eigenvalue weighted by atomic mass is 16.2. The third-order valence-corrected chi connectivity index (χ3v) is 8.59. The van der Waals surface area contributed by atoms with Gasteiger partial charge in [0.05, 0.1) is 16.8 Å². The number of anilines is 1. The van der Waals surface area contributed by atoms with Crippen LogP contribution in [0.4, 0.5) is 5.69 Å². The molecule has 2 aromatic carbocycles. The molecule has 37 heavy (non-hydrogen) atoms. The molecule has 3 amide bonds. The molecule has 1 N–H and O–H groups in total. The number of nitrogens with zero attached hydrogens (tertiary/aromatic N) is 2. The molecule has 3 unspecified atom stereocenters. The van der Waals surface area contributed by atoms with E-state index in [1.165, 1.54) is 43.2 Å². The molecule has 0 bridgehead atoms.